The van der Waals surface area contributed by atoms with E-state index in [1.807, 2.05) is 39.1 Å². The van der Waals surface area contributed by atoms with Crippen LogP contribution in [0.25, 0.3) is 0 Å². The zero-order valence-corrected chi connectivity index (χ0v) is 12.6. The first-order valence-corrected chi connectivity index (χ1v) is 6.05. The Kier molecular flexibility index (Phi) is 7.43. The molecule has 1 atom stereocenters. The second-order valence-corrected chi connectivity index (χ2v) is 4.83. The number of carbonyl (C=O) groups excluding carboxylic acids is 1. The lowest BCUT2D eigenvalue weighted by Gasteiger charge is -2.11. The molecular weight excluding hydrogens is 304 g/mol. The van der Waals surface area contributed by atoms with Crippen LogP contribution in [0.4, 0.5) is 0 Å². The van der Waals surface area contributed by atoms with Gasteiger partial charge in [-0.1, -0.05) is 15.9 Å². The third-order valence-electron chi connectivity index (χ3n) is 2.37. The largest absolute Gasteiger partial charge is 0.350 e. The molecular formula is C12H18BrClN2O. The van der Waals surface area contributed by atoms with Crippen LogP contribution in [0, 0.1) is 6.92 Å². The zero-order valence-electron chi connectivity index (χ0n) is 10.2. The molecule has 1 rings (SSSR count). The Hall–Kier alpha value is -0.580. The first-order chi connectivity index (χ1) is 7.52. The van der Waals surface area contributed by atoms with Gasteiger partial charge in [-0.25, -0.2) is 0 Å². The van der Waals surface area contributed by atoms with Crippen LogP contribution in [0.2, 0.25) is 0 Å². The second kappa shape index (κ2) is 7.69. The number of rotatable bonds is 4. The van der Waals surface area contributed by atoms with Gasteiger partial charge in [0.05, 0.1) is 0 Å². The summed E-state index contributed by atoms with van der Waals surface area (Å²) in [6.07, 6.45) is 0. The minimum atomic E-state index is -0.0356. The van der Waals surface area contributed by atoms with E-state index in [9.17, 15) is 4.79 Å². The molecule has 0 saturated carbocycles. The minimum Gasteiger partial charge on any atom is -0.350 e. The average Bonchev–Trinajstić information content (AvgIpc) is 2.23. The highest BCUT2D eigenvalue weighted by molar-refractivity contribution is 9.10. The van der Waals surface area contributed by atoms with Gasteiger partial charge in [0.25, 0.3) is 5.91 Å². The van der Waals surface area contributed by atoms with Gasteiger partial charge in [0.1, 0.15) is 0 Å². The van der Waals surface area contributed by atoms with Crippen LogP contribution in [0.1, 0.15) is 22.8 Å². The maximum atomic E-state index is 11.8. The predicted molar refractivity (Wildman–Crippen MR) is 77.0 cm³/mol. The van der Waals surface area contributed by atoms with E-state index < -0.39 is 0 Å². The Morgan fingerprint density at radius 3 is 2.59 bits per heavy atom. The van der Waals surface area contributed by atoms with E-state index in [1.165, 1.54) is 0 Å². The van der Waals surface area contributed by atoms with Gasteiger partial charge in [-0.15, -0.1) is 12.4 Å². The highest BCUT2D eigenvalue weighted by atomic mass is 79.9. The fourth-order valence-electron chi connectivity index (χ4n) is 1.32. The number of carbonyl (C=O) groups is 1. The molecule has 5 heteroatoms. The van der Waals surface area contributed by atoms with Gasteiger partial charge in [0.15, 0.2) is 0 Å². The van der Waals surface area contributed by atoms with Crippen LogP contribution in [-0.4, -0.2) is 25.5 Å². The Labute approximate surface area is 117 Å². The molecule has 17 heavy (non-hydrogen) atoms. The Morgan fingerprint density at radius 1 is 1.41 bits per heavy atom. The van der Waals surface area contributed by atoms with Crippen molar-refractivity contribution in [1.29, 1.82) is 0 Å². The monoisotopic (exact) mass is 320 g/mol. The Bertz CT molecular complexity index is 365. The molecule has 0 aliphatic heterocycles. The third kappa shape index (κ3) is 5.52. The van der Waals surface area contributed by atoms with Crippen molar-refractivity contribution >= 4 is 34.2 Å². The maximum Gasteiger partial charge on any atom is 0.251 e. The predicted octanol–water partition coefficient (Wildman–Crippen LogP) is 2.52. The number of halogens is 2. The van der Waals surface area contributed by atoms with Gasteiger partial charge in [0.2, 0.25) is 0 Å². The lowest BCUT2D eigenvalue weighted by atomic mass is 10.1. The van der Waals surface area contributed by atoms with Crippen molar-refractivity contribution in [3.8, 4) is 0 Å². The SMILES string of the molecule is CNC(C)CNC(=O)c1cc(C)cc(Br)c1.Cl. The van der Waals surface area contributed by atoms with Gasteiger partial charge >= 0.3 is 0 Å². The summed E-state index contributed by atoms with van der Waals surface area (Å²) in [5.74, 6) is -0.0356. The van der Waals surface area contributed by atoms with E-state index in [2.05, 4.69) is 26.6 Å². The topological polar surface area (TPSA) is 41.1 Å². The quantitative estimate of drug-likeness (QED) is 0.895. The van der Waals surface area contributed by atoms with Crippen molar-refractivity contribution in [3.05, 3.63) is 33.8 Å². The van der Waals surface area contributed by atoms with Crippen LogP contribution in [0.15, 0.2) is 22.7 Å². The summed E-state index contributed by atoms with van der Waals surface area (Å²) in [6.45, 7) is 4.62. The maximum absolute atomic E-state index is 11.8. The summed E-state index contributed by atoms with van der Waals surface area (Å²) >= 11 is 3.38. The molecule has 2 N–H and O–H groups in total. The Morgan fingerprint density at radius 2 is 2.06 bits per heavy atom. The number of benzene rings is 1. The lowest BCUT2D eigenvalue weighted by molar-refractivity contribution is 0.0950. The van der Waals surface area contributed by atoms with Gasteiger partial charge in [-0.05, 0) is 44.7 Å². The first kappa shape index (κ1) is 16.4. The van der Waals surface area contributed by atoms with Crippen LogP contribution >= 0.6 is 28.3 Å². The van der Waals surface area contributed by atoms with Gasteiger partial charge in [-0.2, -0.15) is 0 Å². The summed E-state index contributed by atoms with van der Waals surface area (Å²) < 4.78 is 0.930. The van der Waals surface area contributed by atoms with E-state index in [0.29, 0.717) is 12.1 Å². The van der Waals surface area contributed by atoms with Crippen LogP contribution in [0.3, 0.4) is 0 Å². The highest BCUT2D eigenvalue weighted by Crippen LogP contribution is 2.15. The molecule has 0 spiro atoms. The summed E-state index contributed by atoms with van der Waals surface area (Å²) in [4.78, 5) is 11.8. The summed E-state index contributed by atoms with van der Waals surface area (Å²) in [5, 5.41) is 5.95. The van der Waals surface area contributed by atoms with Gasteiger partial charge < -0.3 is 10.6 Å². The number of aryl methyl sites for hydroxylation is 1. The number of hydrogen-bond donors (Lipinski definition) is 2. The van der Waals surface area contributed by atoms with Crippen LogP contribution in [-0.2, 0) is 0 Å². The van der Waals surface area contributed by atoms with Crippen LogP contribution in [0.5, 0.6) is 0 Å². The van der Waals surface area contributed by atoms with E-state index >= 15 is 0 Å². The average molecular weight is 322 g/mol. The van der Waals surface area contributed by atoms with Gasteiger partial charge in [0, 0.05) is 22.6 Å². The van der Waals surface area contributed by atoms with Crippen molar-refractivity contribution in [2.75, 3.05) is 13.6 Å². The van der Waals surface area contributed by atoms with Crippen molar-refractivity contribution in [3.63, 3.8) is 0 Å². The molecule has 1 amide bonds. The number of likely N-dealkylation sites (N-methyl/N-ethyl adjacent to an activating group) is 1. The van der Waals surface area contributed by atoms with E-state index in [1.54, 1.807) is 0 Å². The third-order valence-corrected chi connectivity index (χ3v) is 2.82. The number of hydrogen-bond acceptors (Lipinski definition) is 2. The number of amides is 1. The summed E-state index contributed by atoms with van der Waals surface area (Å²) in [6, 6.07) is 5.96. The second-order valence-electron chi connectivity index (χ2n) is 3.92. The smallest absolute Gasteiger partial charge is 0.251 e. The minimum absolute atomic E-state index is 0. The molecule has 0 radical (unpaired) electrons. The summed E-state index contributed by atoms with van der Waals surface area (Å²) in [7, 11) is 1.88. The van der Waals surface area contributed by atoms with E-state index in [-0.39, 0.29) is 24.4 Å². The van der Waals surface area contributed by atoms with Crippen molar-refractivity contribution in [2.45, 2.75) is 19.9 Å². The molecule has 0 aliphatic rings. The molecule has 1 unspecified atom stereocenters. The van der Waals surface area contributed by atoms with Crippen molar-refractivity contribution in [1.82, 2.24) is 10.6 Å². The molecule has 0 fully saturated rings. The van der Waals surface area contributed by atoms with E-state index in [0.717, 1.165) is 10.0 Å². The Balaban J connectivity index is 0.00000256. The molecule has 3 nitrogen and oxygen atoms in total. The van der Waals surface area contributed by atoms with Crippen molar-refractivity contribution < 1.29 is 4.79 Å². The molecule has 0 aromatic heterocycles. The molecule has 1 aromatic carbocycles. The molecule has 0 heterocycles. The van der Waals surface area contributed by atoms with E-state index in [4.69, 9.17) is 0 Å². The fourth-order valence-corrected chi connectivity index (χ4v) is 1.93. The van der Waals surface area contributed by atoms with Crippen LogP contribution < -0.4 is 10.6 Å². The zero-order chi connectivity index (χ0) is 12.1. The lowest BCUT2D eigenvalue weighted by Crippen LogP contribution is -2.37. The standard InChI is InChI=1S/C12H17BrN2O.ClH/c1-8-4-10(6-11(13)5-8)12(16)15-7-9(2)14-3;/h4-6,9,14H,7H2,1-3H3,(H,15,16);1H. The van der Waals surface area contributed by atoms with Crippen molar-refractivity contribution in [2.24, 2.45) is 0 Å². The molecule has 0 aliphatic carbocycles. The highest BCUT2D eigenvalue weighted by Gasteiger charge is 2.07. The molecule has 0 bridgehead atoms. The first-order valence-electron chi connectivity index (χ1n) is 5.25. The molecule has 0 saturated heterocycles. The van der Waals surface area contributed by atoms with Gasteiger partial charge in [-0.3, -0.25) is 4.79 Å². The number of nitrogens with one attached hydrogen (secondary N) is 2. The summed E-state index contributed by atoms with van der Waals surface area (Å²) in [5.41, 5.74) is 1.76. The molecule has 1 aromatic rings. The fraction of sp³-hybridized carbons (Fsp3) is 0.417. The molecule has 96 valence electrons. The normalized spacial score (nSPS) is 11.5.